The molecule has 0 radical (unpaired) electrons. The van der Waals surface area contributed by atoms with E-state index in [2.05, 4.69) is 48.5 Å². The highest BCUT2D eigenvalue weighted by atomic mass is 32.2. The summed E-state index contributed by atoms with van der Waals surface area (Å²) in [5, 5.41) is 9.24. The van der Waals surface area contributed by atoms with Crippen LogP contribution in [0.5, 0.6) is 0 Å². The fourth-order valence-corrected chi connectivity index (χ4v) is 4.98. The molecule has 25 heavy (non-hydrogen) atoms. The molecule has 0 spiro atoms. The topological polar surface area (TPSA) is 49.3 Å². The molecule has 0 bridgehead atoms. The molecule has 1 unspecified atom stereocenters. The van der Waals surface area contributed by atoms with Crippen LogP contribution in [0.15, 0.2) is 54.6 Å². The highest BCUT2D eigenvalue weighted by Crippen LogP contribution is 2.34. The Labute approximate surface area is 153 Å². The zero-order chi connectivity index (χ0) is 17.5. The summed E-state index contributed by atoms with van der Waals surface area (Å²) in [6, 6.07) is 19.1. The van der Waals surface area contributed by atoms with Gasteiger partial charge >= 0.3 is 0 Å². The first-order chi connectivity index (χ1) is 12.3. The molecular weight excluding hydrogens is 330 g/mol. The van der Waals surface area contributed by atoms with Crippen molar-refractivity contribution in [3.05, 3.63) is 60.2 Å². The molecular formula is C21H25NO2S. The van der Waals surface area contributed by atoms with E-state index in [1.807, 2.05) is 23.3 Å². The molecule has 4 heteroatoms. The average Bonchev–Trinajstić information content (AvgIpc) is 2.69. The van der Waals surface area contributed by atoms with Crippen LogP contribution in [-0.2, 0) is 11.2 Å². The Morgan fingerprint density at radius 3 is 2.40 bits per heavy atom. The molecule has 0 heterocycles. The van der Waals surface area contributed by atoms with Crippen LogP contribution in [0.4, 0.5) is 0 Å². The van der Waals surface area contributed by atoms with Crippen LogP contribution >= 0.6 is 11.8 Å². The van der Waals surface area contributed by atoms with E-state index < -0.39 is 0 Å². The first-order valence-corrected chi connectivity index (χ1v) is 10.0. The lowest BCUT2D eigenvalue weighted by atomic mass is 9.88. The molecule has 132 valence electrons. The summed E-state index contributed by atoms with van der Waals surface area (Å²) in [6.07, 6.45) is 5.21. The molecule has 1 fully saturated rings. The Morgan fingerprint density at radius 2 is 1.68 bits per heavy atom. The van der Waals surface area contributed by atoms with Gasteiger partial charge in [0.05, 0.1) is 5.92 Å². The van der Waals surface area contributed by atoms with Gasteiger partial charge in [0.25, 0.3) is 0 Å². The maximum Gasteiger partial charge on any atom is 0.247 e. The predicted molar refractivity (Wildman–Crippen MR) is 104 cm³/mol. The number of carbonyl (C=O) groups is 1. The second kappa shape index (κ2) is 9.07. The number of amides is 1. The first kappa shape index (κ1) is 18.0. The molecule has 3 rings (SSSR count). The van der Waals surface area contributed by atoms with Gasteiger partial charge in [0.1, 0.15) is 0 Å². The third kappa shape index (κ3) is 4.86. The van der Waals surface area contributed by atoms with Gasteiger partial charge in [-0.3, -0.25) is 10.0 Å². The van der Waals surface area contributed by atoms with Crippen molar-refractivity contribution in [3.8, 4) is 11.1 Å². The molecule has 1 saturated carbocycles. The van der Waals surface area contributed by atoms with Gasteiger partial charge in [0.15, 0.2) is 0 Å². The summed E-state index contributed by atoms with van der Waals surface area (Å²) in [5.74, 6) is 0.735. The molecule has 2 aromatic carbocycles. The zero-order valence-electron chi connectivity index (χ0n) is 14.4. The van der Waals surface area contributed by atoms with E-state index in [0.717, 1.165) is 31.4 Å². The molecule has 1 aliphatic rings. The number of nitrogens with one attached hydrogen (secondary N) is 1. The number of carbonyl (C=O) groups excluding carboxylic acids is 1. The van der Waals surface area contributed by atoms with E-state index in [4.69, 9.17) is 5.21 Å². The van der Waals surface area contributed by atoms with Crippen molar-refractivity contribution in [1.82, 2.24) is 5.48 Å². The molecule has 3 nitrogen and oxygen atoms in total. The number of aryl methyl sites for hydroxylation is 1. The smallest absolute Gasteiger partial charge is 0.247 e. The average molecular weight is 356 g/mol. The quantitative estimate of drug-likeness (QED) is 0.583. The van der Waals surface area contributed by atoms with Crippen LogP contribution in [0.3, 0.4) is 0 Å². The van der Waals surface area contributed by atoms with Gasteiger partial charge in [-0.05, 0) is 41.7 Å². The normalized spacial score (nSPS) is 20.2. The maximum atomic E-state index is 11.8. The van der Waals surface area contributed by atoms with E-state index >= 15 is 0 Å². The zero-order valence-corrected chi connectivity index (χ0v) is 15.2. The highest BCUT2D eigenvalue weighted by molar-refractivity contribution is 7.99. The summed E-state index contributed by atoms with van der Waals surface area (Å²) >= 11 is 1.87. The lowest BCUT2D eigenvalue weighted by molar-refractivity contribution is -0.134. The summed E-state index contributed by atoms with van der Waals surface area (Å²) in [6.45, 7) is 0. The van der Waals surface area contributed by atoms with Gasteiger partial charge in [0, 0.05) is 5.25 Å². The van der Waals surface area contributed by atoms with Crippen molar-refractivity contribution in [3.63, 3.8) is 0 Å². The Hall–Kier alpha value is -1.78. The van der Waals surface area contributed by atoms with E-state index in [1.54, 1.807) is 0 Å². The summed E-state index contributed by atoms with van der Waals surface area (Å²) in [5.41, 5.74) is 5.65. The summed E-state index contributed by atoms with van der Waals surface area (Å²) in [7, 11) is 0. The standard InChI is InChI=1S/C21H25NO2S/c23-21(22-24)19-8-4-5-9-20(19)25-15-14-16-10-12-18(13-11-16)17-6-2-1-3-7-17/h1-3,6-7,10-13,19-20,24H,4-5,8-9,14-15H2,(H,22,23)/t19-,20?/m0/s1. The van der Waals surface area contributed by atoms with Crippen LogP contribution in [0.2, 0.25) is 0 Å². The van der Waals surface area contributed by atoms with Crippen LogP contribution in [0, 0.1) is 5.92 Å². The molecule has 2 N–H and O–H groups in total. The van der Waals surface area contributed by atoms with Gasteiger partial charge in [-0.1, -0.05) is 67.4 Å². The monoisotopic (exact) mass is 355 g/mol. The minimum absolute atomic E-state index is 0.0517. The lowest BCUT2D eigenvalue weighted by Gasteiger charge is -2.29. The molecule has 0 saturated heterocycles. The highest BCUT2D eigenvalue weighted by Gasteiger charge is 2.30. The fourth-order valence-electron chi connectivity index (χ4n) is 3.50. The SMILES string of the molecule is O=C(NO)[C@H]1CCCCC1SCCc1ccc(-c2ccccc2)cc1. The van der Waals surface area contributed by atoms with Crippen molar-refractivity contribution in [2.75, 3.05) is 5.75 Å². The number of hydrogen-bond donors (Lipinski definition) is 2. The molecule has 0 aliphatic heterocycles. The lowest BCUT2D eigenvalue weighted by Crippen LogP contribution is -2.36. The van der Waals surface area contributed by atoms with Gasteiger partial charge in [-0.15, -0.1) is 0 Å². The minimum Gasteiger partial charge on any atom is -0.289 e. The van der Waals surface area contributed by atoms with E-state index in [0.29, 0.717) is 5.25 Å². The Morgan fingerprint density at radius 1 is 1.00 bits per heavy atom. The Balaban J connectivity index is 1.52. The fraction of sp³-hybridized carbons (Fsp3) is 0.381. The van der Waals surface area contributed by atoms with Crippen LogP contribution < -0.4 is 5.48 Å². The second-order valence-corrected chi connectivity index (χ2v) is 7.94. The van der Waals surface area contributed by atoms with Gasteiger partial charge in [0.2, 0.25) is 5.91 Å². The maximum absolute atomic E-state index is 11.8. The van der Waals surface area contributed by atoms with Crippen LogP contribution in [0.1, 0.15) is 31.2 Å². The number of benzene rings is 2. The number of rotatable bonds is 6. The number of hydroxylamine groups is 1. The minimum atomic E-state index is -0.218. The van der Waals surface area contributed by atoms with Crippen LogP contribution in [0.25, 0.3) is 11.1 Å². The summed E-state index contributed by atoms with van der Waals surface area (Å²) in [4.78, 5) is 11.8. The largest absolute Gasteiger partial charge is 0.289 e. The molecule has 0 aromatic heterocycles. The molecule has 1 aliphatic carbocycles. The van der Waals surface area contributed by atoms with Crippen molar-refractivity contribution in [1.29, 1.82) is 0 Å². The number of hydrogen-bond acceptors (Lipinski definition) is 3. The number of thioether (sulfide) groups is 1. The van der Waals surface area contributed by atoms with Gasteiger partial charge < -0.3 is 0 Å². The predicted octanol–water partition coefficient (Wildman–Crippen LogP) is 4.69. The third-order valence-corrected chi connectivity index (χ3v) is 6.37. The Kier molecular flexibility index (Phi) is 6.54. The third-order valence-electron chi connectivity index (χ3n) is 4.93. The van der Waals surface area contributed by atoms with E-state index in [-0.39, 0.29) is 11.8 Å². The van der Waals surface area contributed by atoms with Gasteiger partial charge in [-0.2, -0.15) is 11.8 Å². The molecule has 2 atom stereocenters. The van der Waals surface area contributed by atoms with E-state index in [1.165, 1.54) is 23.1 Å². The van der Waals surface area contributed by atoms with Crippen LogP contribution in [-0.4, -0.2) is 22.1 Å². The summed E-state index contributed by atoms with van der Waals surface area (Å²) < 4.78 is 0. The van der Waals surface area contributed by atoms with Crippen molar-refractivity contribution < 1.29 is 10.0 Å². The molecule has 1 amide bonds. The molecule has 2 aromatic rings. The van der Waals surface area contributed by atoms with E-state index in [9.17, 15) is 4.79 Å². The first-order valence-electron chi connectivity index (χ1n) is 8.98. The Bertz CT molecular complexity index is 672. The van der Waals surface area contributed by atoms with Crippen molar-refractivity contribution in [2.24, 2.45) is 5.92 Å². The van der Waals surface area contributed by atoms with Gasteiger partial charge in [-0.25, -0.2) is 5.48 Å². The second-order valence-electron chi connectivity index (χ2n) is 6.59. The van der Waals surface area contributed by atoms with Crippen molar-refractivity contribution >= 4 is 17.7 Å². The van der Waals surface area contributed by atoms with Crippen molar-refractivity contribution in [2.45, 2.75) is 37.4 Å².